The van der Waals surface area contributed by atoms with Crippen molar-refractivity contribution in [2.75, 3.05) is 5.32 Å². The fourth-order valence-corrected chi connectivity index (χ4v) is 2.63. The van der Waals surface area contributed by atoms with Crippen molar-refractivity contribution in [1.29, 1.82) is 0 Å². The Morgan fingerprint density at radius 1 is 1.06 bits per heavy atom. The second-order valence-electron chi connectivity index (χ2n) is 5.12. The molecule has 0 saturated carbocycles. The van der Waals surface area contributed by atoms with Gasteiger partial charge < -0.3 is 10.4 Å². The van der Waals surface area contributed by atoms with Crippen molar-refractivity contribution in [3.63, 3.8) is 0 Å². The van der Waals surface area contributed by atoms with E-state index in [0.29, 0.717) is 5.75 Å². The van der Waals surface area contributed by atoms with Crippen LogP contribution < -0.4 is 5.32 Å². The molecule has 1 aliphatic rings. The molecule has 2 heteroatoms. The third kappa shape index (κ3) is 1.84. The van der Waals surface area contributed by atoms with E-state index in [1.807, 2.05) is 25.1 Å². The Bertz CT molecular complexity index is 604. The van der Waals surface area contributed by atoms with Gasteiger partial charge in [-0.3, -0.25) is 0 Å². The normalized spacial score (nSPS) is 17.3. The second-order valence-corrected chi connectivity index (χ2v) is 5.12. The molecule has 0 amide bonds. The minimum Gasteiger partial charge on any atom is -0.508 e. The third-order valence-electron chi connectivity index (χ3n) is 3.58. The molecule has 2 N–H and O–H groups in total. The lowest BCUT2D eigenvalue weighted by molar-refractivity contribution is 0.464. The molecule has 0 bridgehead atoms. The molecular formula is C16H17NO. The Morgan fingerprint density at radius 3 is 2.56 bits per heavy atom. The molecule has 1 atom stereocenters. The molecule has 1 unspecified atom stereocenters. The highest BCUT2D eigenvalue weighted by Crippen LogP contribution is 2.37. The Balaban J connectivity index is 1.93. The summed E-state index contributed by atoms with van der Waals surface area (Å²) in [6, 6.07) is 12.5. The van der Waals surface area contributed by atoms with E-state index in [0.717, 1.165) is 17.5 Å². The zero-order chi connectivity index (χ0) is 12.7. The fourth-order valence-electron chi connectivity index (χ4n) is 2.63. The van der Waals surface area contributed by atoms with Gasteiger partial charge in [-0.25, -0.2) is 0 Å². The molecule has 0 radical (unpaired) electrons. The fraction of sp³-hybridized carbons (Fsp3) is 0.250. The predicted molar refractivity (Wildman–Crippen MR) is 74.1 cm³/mol. The standard InChI is InChI=1S/C16H17NO/c1-10-4-6-14-12(7-10)9-15(17-14)13-5-3-11(2)8-16(13)18/h3-8,15,17-18H,9H2,1-2H3. The first-order valence-electron chi connectivity index (χ1n) is 6.29. The van der Waals surface area contributed by atoms with Crippen LogP contribution in [-0.4, -0.2) is 5.11 Å². The number of hydrogen-bond acceptors (Lipinski definition) is 2. The molecule has 0 saturated heterocycles. The number of anilines is 1. The molecule has 1 heterocycles. The summed E-state index contributed by atoms with van der Waals surface area (Å²) in [4.78, 5) is 0. The predicted octanol–water partition coefficient (Wildman–Crippen LogP) is 3.72. The number of nitrogens with one attached hydrogen (secondary N) is 1. The minimum absolute atomic E-state index is 0.183. The Morgan fingerprint density at radius 2 is 1.78 bits per heavy atom. The highest BCUT2D eigenvalue weighted by molar-refractivity contribution is 5.60. The van der Waals surface area contributed by atoms with Crippen molar-refractivity contribution in [2.24, 2.45) is 0 Å². The van der Waals surface area contributed by atoms with E-state index in [1.165, 1.54) is 16.8 Å². The van der Waals surface area contributed by atoms with Crippen LogP contribution in [0, 0.1) is 13.8 Å². The van der Waals surface area contributed by atoms with Crippen molar-refractivity contribution in [1.82, 2.24) is 0 Å². The zero-order valence-electron chi connectivity index (χ0n) is 10.7. The van der Waals surface area contributed by atoms with Crippen LogP contribution in [0.5, 0.6) is 5.75 Å². The number of phenols is 1. The number of fused-ring (bicyclic) bond motifs is 1. The monoisotopic (exact) mass is 239 g/mol. The average molecular weight is 239 g/mol. The summed E-state index contributed by atoms with van der Waals surface area (Å²) in [7, 11) is 0. The minimum atomic E-state index is 0.183. The van der Waals surface area contributed by atoms with E-state index in [-0.39, 0.29) is 6.04 Å². The summed E-state index contributed by atoms with van der Waals surface area (Å²) in [6.45, 7) is 4.10. The highest BCUT2D eigenvalue weighted by atomic mass is 16.3. The molecule has 0 spiro atoms. The van der Waals surface area contributed by atoms with E-state index in [1.54, 1.807) is 0 Å². The molecule has 2 aromatic rings. The van der Waals surface area contributed by atoms with E-state index >= 15 is 0 Å². The highest BCUT2D eigenvalue weighted by Gasteiger charge is 2.23. The van der Waals surface area contributed by atoms with Gasteiger partial charge >= 0.3 is 0 Å². The van der Waals surface area contributed by atoms with Crippen LogP contribution in [0.4, 0.5) is 5.69 Å². The van der Waals surface area contributed by atoms with Crippen molar-refractivity contribution in [2.45, 2.75) is 26.3 Å². The number of aromatic hydroxyl groups is 1. The van der Waals surface area contributed by atoms with Crippen LogP contribution in [-0.2, 0) is 6.42 Å². The smallest absolute Gasteiger partial charge is 0.121 e. The third-order valence-corrected chi connectivity index (χ3v) is 3.58. The van der Waals surface area contributed by atoms with Gasteiger partial charge in [-0.15, -0.1) is 0 Å². The van der Waals surface area contributed by atoms with Gasteiger partial charge in [0.2, 0.25) is 0 Å². The van der Waals surface area contributed by atoms with Gasteiger partial charge in [-0.05, 0) is 43.5 Å². The second kappa shape index (κ2) is 4.05. The number of rotatable bonds is 1. The molecule has 0 aromatic heterocycles. The van der Waals surface area contributed by atoms with Crippen LogP contribution in [0.3, 0.4) is 0 Å². The summed E-state index contributed by atoms with van der Waals surface area (Å²) < 4.78 is 0. The van der Waals surface area contributed by atoms with E-state index in [2.05, 4.69) is 30.4 Å². The van der Waals surface area contributed by atoms with Crippen LogP contribution in [0.15, 0.2) is 36.4 Å². The van der Waals surface area contributed by atoms with Gasteiger partial charge in [-0.1, -0.05) is 29.8 Å². The maximum Gasteiger partial charge on any atom is 0.121 e. The van der Waals surface area contributed by atoms with Gasteiger partial charge in [0.25, 0.3) is 0 Å². The van der Waals surface area contributed by atoms with Gasteiger partial charge in [0.05, 0.1) is 6.04 Å². The Kier molecular flexibility index (Phi) is 2.51. The Labute approximate surface area is 107 Å². The quantitative estimate of drug-likeness (QED) is 0.795. The zero-order valence-corrected chi connectivity index (χ0v) is 10.7. The molecule has 0 fully saturated rings. The van der Waals surface area contributed by atoms with E-state index in [9.17, 15) is 5.11 Å². The van der Waals surface area contributed by atoms with Crippen LogP contribution >= 0.6 is 0 Å². The molecular weight excluding hydrogens is 222 g/mol. The maximum absolute atomic E-state index is 10.0. The van der Waals surface area contributed by atoms with E-state index in [4.69, 9.17) is 0 Å². The molecule has 92 valence electrons. The van der Waals surface area contributed by atoms with Crippen LogP contribution in [0.2, 0.25) is 0 Å². The topological polar surface area (TPSA) is 32.3 Å². The van der Waals surface area contributed by atoms with Gasteiger partial charge in [0.1, 0.15) is 5.75 Å². The number of hydrogen-bond donors (Lipinski definition) is 2. The lowest BCUT2D eigenvalue weighted by Gasteiger charge is -2.13. The Hall–Kier alpha value is -1.96. The first-order valence-corrected chi connectivity index (χ1v) is 6.29. The molecule has 1 aliphatic heterocycles. The average Bonchev–Trinajstić information content (AvgIpc) is 2.71. The maximum atomic E-state index is 10.0. The van der Waals surface area contributed by atoms with E-state index < -0.39 is 0 Å². The van der Waals surface area contributed by atoms with Crippen molar-refractivity contribution in [3.05, 3.63) is 58.7 Å². The van der Waals surface area contributed by atoms with Gasteiger partial charge in [-0.2, -0.15) is 0 Å². The van der Waals surface area contributed by atoms with Gasteiger partial charge in [0, 0.05) is 11.3 Å². The van der Waals surface area contributed by atoms with Crippen molar-refractivity contribution >= 4 is 5.69 Å². The molecule has 2 aromatic carbocycles. The SMILES string of the molecule is Cc1ccc(C2Cc3cc(C)ccc3N2)c(O)c1. The summed E-state index contributed by atoms with van der Waals surface area (Å²) in [5, 5.41) is 13.5. The lowest BCUT2D eigenvalue weighted by atomic mass is 10.00. The van der Waals surface area contributed by atoms with Crippen LogP contribution in [0.25, 0.3) is 0 Å². The molecule has 3 rings (SSSR count). The number of benzene rings is 2. The molecule has 18 heavy (non-hydrogen) atoms. The van der Waals surface area contributed by atoms with Crippen molar-refractivity contribution < 1.29 is 5.11 Å². The molecule has 0 aliphatic carbocycles. The number of aryl methyl sites for hydroxylation is 2. The molecule has 2 nitrogen and oxygen atoms in total. The first kappa shape index (κ1) is 11.1. The number of phenolic OH excluding ortho intramolecular Hbond substituents is 1. The largest absolute Gasteiger partial charge is 0.508 e. The summed E-state index contributed by atoms with van der Waals surface area (Å²) in [5.41, 5.74) is 5.87. The first-order chi connectivity index (χ1) is 8.63. The lowest BCUT2D eigenvalue weighted by Crippen LogP contribution is -2.05. The summed E-state index contributed by atoms with van der Waals surface area (Å²) in [5.74, 6) is 0.386. The summed E-state index contributed by atoms with van der Waals surface area (Å²) >= 11 is 0. The van der Waals surface area contributed by atoms with Crippen molar-refractivity contribution in [3.8, 4) is 5.75 Å². The van der Waals surface area contributed by atoms with Crippen LogP contribution in [0.1, 0.15) is 28.3 Å². The summed E-state index contributed by atoms with van der Waals surface area (Å²) in [6.07, 6.45) is 0.938. The van der Waals surface area contributed by atoms with Gasteiger partial charge in [0.15, 0.2) is 0 Å².